The van der Waals surface area contributed by atoms with Crippen molar-refractivity contribution < 1.29 is 9.53 Å². The quantitative estimate of drug-likeness (QED) is 0.600. The number of alkyl halides is 1. The Labute approximate surface area is 91.4 Å². The molecular weight excluding hydrogens is 244 g/mol. The van der Waals surface area contributed by atoms with Crippen LogP contribution in [0.5, 0.6) is 0 Å². The molecule has 1 aromatic rings. The molecular formula is C11H11BrO2. The van der Waals surface area contributed by atoms with Gasteiger partial charge < -0.3 is 4.74 Å². The lowest BCUT2D eigenvalue weighted by atomic mass is 9.96. The van der Waals surface area contributed by atoms with E-state index in [-0.39, 0.29) is 12.1 Å². The fourth-order valence-corrected chi connectivity index (χ4v) is 1.98. The highest BCUT2D eigenvalue weighted by Gasteiger charge is 2.31. The summed E-state index contributed by atoms with van der Waals surface area (Å²) in [6.07, 6.45) is 2.11. The molecule has 2 rings (SSSR count). The summed E-state index contributed by atoms with van der Waals surface area (Å²) < 4.78 is 5.30. The predicted octanol–water partition coefficient (Wildman–Crippen LogP) is 2.77. The van der Waals surface area contributed by atoms with Crippen molar-refractivity contribution in [2.75, 3.05) is 0 Å². The molecule has 74 valence electrons. The molecule has 0 unspecified atom stereocenters. The molecule has 1 aromatic carbocycles. The van der Waals surface area contributed by atoms with Crippen molar-refractivity contribution in [3.05, 3.63) is 35.9 Å². The first-order valence-electron chi connectivity index (χ1n) is 4.67. The number of carbonyl (C=O) groups is 1. The Morgan fingerprint density at radius 2 is 2.00 bits per heavy atom. The van der Waals surface area contributed by atoms with Gasteiger partial charge in [0.25, 0.3) is 0 Å². The van der Waals surface area contributed by atoms with Crippen molar-refractivity contribution in [3.63, 3.8) is 0 Å². The second kappa shape index (κ2) is 4.13. The SMILES string of the molecule is O=C(O[C@@H]1CC[C@H]1Br)c1ccccc1. The lowest BCUT2D eigenvalue weighted by Crippen LogP contribution is -2.36. The summed E-state index contributed by atoms with van der Waals surface area (Å²) in [5.74, 6) is -0.222. The molecule has 0 heterocycles. The maximum atomic E-state index is 11.6. The average molecular weight is 255 g/mol. The van der Waals surface area contributed by atoms with E-state index >= 15 is 0 Å². The fraction of sp³-hybridized carbons (Fsp3) is 0.364. The summed E-state index contributed by atoms with van der Waals surface area (Å²) in [5.41, 5.74) is 0.624. The van der Waals surface area contributed by atoms with Gasteiger partial charge in [-0.05, 0) is 25.0 Å². The highest BCUT2D eigenvalue weighted by Crippen LogP contribution is 2.30. The Balaban J connectivity index is 1.96. The van der Waals surface area contributed by atoms with Crippen LogP contribution in [0, 0.1) is 0 Å². The third-order valence-electron chi connectivity index (χ3n) is 2.40. The number of carbonyl (C=O) groups excluding carboxylic acids is 1. The highest BCUT2D eigenvalue weighted by atomic mass is 79.9. The van der Waals surface area contributed by atoms with Gasteiger partial charge in [-0.1, -0.05) is 34.1 Å². The van der Waals surface area contributed by atoms with Crippen LogP contribution in [0.4, 0.5) is 0 Å². The number of ether oxygens (including phenoxy) is 1. The molecule has 1 aliphatic rings. The molecule has 2 nitrogen and oxygen atoms in total. The van der Waals surface area contributed by atoms with E-state index in [2.05, 4.69) is 15.9 Å². The average Bonchev–Trinajstić information content (AvgIpc) is 2.24. The number of benzene rings is 1. The minimum atomic E-state index is -0.222. The van der Waals surface area contributed by atoms with Crippen LogP contribution in [0.1, 0.15) is 23.2 Å². The third-order valence-corrected chi connectivity index (χ3v) is 3.45. The van der Waals surface area contributed by atoms with Gasteiger partial charge in [0.05, 0.1) is 10.4 Å². The van der Waals surface area contributed by atoms with Gasteiger partial charge in [-0.2, -0.15) is 0 Å². The van der Waals surface area contributed by atoms with Crippen molar-refractivity contribution in [2.24, 2.45) is 0 Å². The van der Waals surface area contributed by atoms with Crippen LogP contribution >= 0.6 is 15.9 Å². The van der Waals surface area contributed by atoms with Crippen LogP contribution in [-0.4, -0.2) is 16.9 Å². The van der Waals surface area contributed by atoms with Crippen molar-refractivity contribution in [2.45, 2.75) is 23.8 Å². The predicted molar refractivity (Wildman–Crippen MR) is 57.6 cm³/mol. The zero-order chi connectivity index (χ0) is 9.97. The lowest BCUT2D eigenvalue weighted by molar-refractivity contribution is 0.0128. The zero-order valence-electron chi connectivity index (χ0n) is 7.65. The number of halogens is 1. The largest absolute Gasteiger partial charge is 0.458 e. The number of hydrogen-bond donors (Lipinski definition) is 0. The molecule has 0 amide bonds. The van der Waals surface area contributed by atoms with Crippen molar-refractivity contribution in [1.82, 2.24) is 0 Å². The summed E-state index contributed by atoms with van der Waals surface area (Å²) in [5, 5.41) is 0. The Bertz CT molecular complexity index is 323. The fourth-order valence-electron chi connectivity index (χ4n) is 1.34. The minimum absolute atomic E-state index is 0.0581. The van der Waals surface area contributed by atoms with Crippen LogP contribution in [0.2, 0.25) is 0 Å². The van der Waals surface area contributed by atoms with Crippen LogP contribution in [-0.2, 0) is 4.74 Å². The third kappa shape index (κ3) is 1.98. The summed E-state index contributed by atoms with van der Waals surface area (Å²) in [6, 6.07) is 9.09. The number of hydrogen-bond acceptors (Lipinski definition) is 2. The van der Waals surface area contributed by atoms with Gasteiger partial charge >= 0.3 is 5.97 Å². The molecule has 0 radical (unpaired) electrons. The second-order valence-electron chi connectivity index (χ2n) is 3.40. The summed E-state index contributed by atoms with van der Waals surface area (Å²) in [7, 11) is 0. The Hall–Kier alpha value is -0.830. The second-order valence-corrected chi connectivity index (χ2v) is 4.58. The maximum Gasteiger partial charge on any atom is 0.338 e. The van der Waals surface area contributed by atoms with E-state index in [1.54, 1.807) is 12.1 Å². The van der Waals surface area contributed by atoms with Gasteiger partial charge in [-0.15, -0.1) is 0 Å². The lowest BCUT2D eigenvalue weighted by Gasteiger charge is -2.31. The Morgan fingerprint density at radius 1 is 1.29 bits per heavy atom. The van der Waals surface area contributed by atoms with E-state index in [0.29, 0.717) is 10.4 Å². The standard InChI is InChI=1S/C11H11BrO2/c12-9-6-7-10(9)14-11(13)8-4-2-1-3-5-8/h1-5,9-10H,6-7H2/t9-,10-/m1/s1. The van der Waals surface area contributed by atoms with Crippen molar-refractivity contribution in [3.8, 4) is 0 Å². The Morgan fingerprint density at radius 3 is 2.50 bits per heavy atom. The van der Waals surface area contributed by atoms with E-state index in [1.807, 2.05) is 18.2 Å². The van der Waals surface area contributed by atoms with Gasteiger partial charge in [-0.25, -0.2) is 4.79 Å². The molecule has 0 aromatic heterocycles. The van der Waals surface area contributed by atoms with Crippen LogP contribution in [0.25, 0.3) is 0 Å². The topological polar surface area (TPSA) is 26.3 Å². The smallest absolute Gasteiger partial charge is 0.338 e. The van der Waals surface area contributed by atoms with E-state index < -0.39 is 0 Å². The highest BCUT2D eigenvalue weighted by molar-refractivity contribution is 9.09. The molecule has 0 spiro atoms. The first-order chi connectivity index (χ1) is 6.77. The van der Waals surface area contributed by atoms with Gasteiger partial charge in [0.1, 0.15) is 6.10 Å². The molecule has 0 bridgehead atoms. The molecule has 0 N–H and O–H groups in total. The number of esters is 1. The van der Waals surface area contributed by atoms with E-state index in [4.69, 9.17) is 4.74 Å². The molecule has 1 fully saturated rings. The van der Waals surface area contributed by atoms with E-state index in [1.165, 1.54) is 0 Å². The van der Waals surface area contributed by atoms with Gasteiger partial charge in [0.2, 0.25) is 0 Å². The summed E-state index contributed by atoms with van der Waals surface area (Å²) in [4.78, 5) is 11.9. The number of rotatable bonds is 2. The first kappa shape index (κ1) is 9.71. The monoisotopic (exact) mass is 254 g/mol. The minimum Gasteiger partial charge on any atom is -0.458 e. The first-order valence-corrected chi connectivity index (χ1v) is 5.59. The molecule has 14 heavy (non-hydrogen) atoms. The molecule has 0 aliphatic heterocycles. The van der Waals surface area contributed by atoms with Gasteiger partial charge in [0, 0.05) is 0 Å². The van der Waals surface area contributed by atoms with E-state index in [0.717, 1.165) is 12.8 Å². The summed E-state index contributed by atoms with van der Waals surface area (Å²) in [6.45, 7) is 0. The maximum absolute atomic E-state index is 11.6. The van der Waals surface area contributed by atoms with Crippen LogP contribution in [0.15, 0.2) is 30.3 Å². The molecule has 2 atom stereocenters. The molecule has 0 saturated heterocycles. The zero-order valence-corrected chi connectivity index (χ0v) is 9.24. The van der Waals surface area contributed by atoms with E-state index in [9.17, 15) is 4.79 Å². The van der Waals surface area contributed by atoms with Gasteiger partial charge in [-0.3, -0.25) is 0 Å². The van der Waals surface area contributed by atoms with Crippen molar-refractivity contribution in [1.29, 1.82) is 0 Å². The van der Waals surface area contributed by atoms with Crippen LogP contribution in [0.3, 0.4) is 0 Å². The molecule has 3 heteroatoms. The summed E-state index contributed by atoms with van der Waals surface area (Å²) >= 11 is 3.45. The Kier molecular flexibility index (Phi) is 2.87. The van der Waals surface area contributed by atoms with Gasteiger partial charge in [0.15, 0.2) is 0 Å². The molecule has 1 saturated carbocycles. The van der Waals surface area contributed by atoms with Crippen LogP contribution < -0.4 is 0 Å². The molecule has 1 aliphatic carbocycles. The van der Waals surface area contributed by atoms with Crippen molar-refractivity contribution >= 4 is 21.9 Å². The normalized spacial score (nSPS) is 25.2.